The summed E-state index contributed by atoms with van der Waals surface area (Å²) in [6.07, 6.45) is 2.43. The van der Waals surface area contributed by atoms with Gasteiger partial charge >= 0.3 is 0 Å². The van der Waals surface area contributed by atoms with Crippen molar-refractivity contribution >= 4 is 5.95 Å². The van der Waals surface area contributed by atoms with E-state index in [1.165, 1.54) is 12.8 Å². The molecule has 5 nitrogen and oxygen atoms in total. The molecule has 2 atom stereocenters. The number of H-pyrrole nitrogens is 1. The standard InChI is InChI=1S/C11H19N5/c1-8-7-9(8)10-13-11(15-14-10)16-5-2-3-12-4-6-16/h8-9,12H,2-7H2,1H3,(H,13,14,15). The molecule has 2 N–H and O–H groups in total. The molecule has 5 heteroatoms. The molecule has 1 aromatic heterocycles. The van der Waals surface area contributed by atoms with Crippen molar-refractivity contribution in [3.63, 3.8) is 0 Å². The Labute approximate surface area is 95.6 Å². The smallest absolute Gasteiger partial charge is 0.244 e. The molecule has 1 saturated carbocycles. The Hall–Kier alpha value is -1.10. The third-order valence-corrected chi connectivity index (χ3v) is 3.57. The molecule has 0 spiro atoms. The quantitative estimate of drug-likeness (QED) is 0.773. The number of nitrogens with zero attached hydrogens (tertiary/aromatic N) is 3. The van der Waals surface area contributed by atoms with E-state index in [2.05, 4.69) is 32.3 Å². The second-order valence-corrected chi connectivity index (χ2v) is 4.93. The van der Waals surface area contributed by atoms with Gasteiger partial charge in [-0.05, 0) is 25.3 Å². The van der Waals surface area contributed by atoms with Gasteiger partial charge in [0.05, 0.1) is 0 Å². The second-order valence-electron chi connectivity index (χ2n) is 4.93. The summed E-state index contributed by atoms with van der Waals surface area (Å²) in [5, 5.41) is 10.8. The van der Waals surface area contributed by atoms with E-state index in [4.69, 9.17) is 0 Å². The van der Waals surface area contributed by atoms with Crippen molar-refractivity contribution in [3.8, 4) is 0 Å². The Bertz CT molecular complexity index is 353. The van der Waals surface area contributed by atoms with E-state index < -0.39 is 0 Å². The van der Waals surface area contributed by atoms with E-state index in [0.29, 0.717) is 5.92 Å². The average molecular weight is 221 g/mol. The van der Waals surface area contributed by atoms with Gasteiger partial charge in [0.2, 0.25) is 5.95 Å². The first kappa shape index (κ1) is 10.1. The van der Waals surface area contributed by atoms with Gasteiger partial charge in [-0.1, -0.05) is 6.92 Å². The van der Waals surface area contributed by atoms with Crippen LogP contribution in [0, 0.1) is 5.92 Å². The first-order chi connectivity index (χ1) is 7.84. The van der Waals surface area contributed by atoms with Gasteiger partial charge in [-0.15, -0.1) is 5.10 Å². The zero-order valence-electron chi connectivity index (χ0n) is 9.74. The SMILES string of the molecule is CC1CC1c1nc(N2CCCNCC2)n[nH]1. The topological polar surface area (TPSA) is 56.8 Å². The summed E-state index contributed by atoms with van der Waals surface area (Å²) in [4.78, 5) is 6.89. The molecule has 0 amide bonds. The Balaban J connectivity index is 1.70. The third-order valence-electron chi connectivity index (χ3n) is 3.57. The number of hydrogen-bond acceptors (Lipinski definition) is 4. The lowest BCUT2D eigenvalue weighted by molar-refractivity contribution is 0.724. The van der Waals surface area contributed by atoms with Crippen LogP contribution in [-0.4, -0.2) is 41.4 Å². The van der Waals surface area contributed by atoms with E-state index in [9.17, 15) is 0 Å². The van der Waals surface area contributed by atoms with Crippen LogP contribution in [0.1, 0.15) is 31.5 Å². The maximum absolute atomic E-state index is 4.62. The van der Waals surface area contributed by atoms with Crippen LogP contribution in [-0.2, 0) is 0 Å². The van der Waals surface area contributed by atoms with Crippen molar-refractivity contribution in [1.82, 2.24) is 20.5 Å². The predicted octanol–water partition coefficient (Wildman–Crippen LogP) is 0.728. The molecular formula is C11H19N5. The van der Waals surface area contributed by atoms with Crippen molar-refractivity contribution in [2.45, 2.75) is 25.7 Å². The molecule has 2 heterocycles. The molecule has 0 bridgehead atoms. The zero-order valence-corrected chi connectivity index (χ0v) is 9.74. The molecule has 2 unspecified atom stereocenters. The molecule has 1 aliphatic heterocycles. The Morgan fingerprint density at radius 1 is 1.31 bits per heavy atom. The van der Waals surface area contributed by atoms with Gasteiger partial charge in [-0.2, -0.15) is 4.98 Å². The molecule has 1 saturated heterocycles. The average Bonchev–Trinajstić information content (AvgIpc) is 2.92. The largest absolute Gasteiger partial charge is 0.338 e. The highest BCUT2D eigenvalue weighted by Crippen LogP contribution is 2.45. The Morgan fingerprint density at radius 2 is 2.19 bits per heavy atom. The summed E-state index contributed by atoms with van der Waals surface area (Å²) in [5.74, 6) is 3.38. The molecule has 0 aromatic carbocycles. The van der Waals surface area contributed by atoms with Crippen LogP contribution < -0.4 is 10.2 Å². The number of rotatable bonds is 2. The van der Waals surface area contributed by atoms with Crippen molar-refractivity contribution in [2.24, 2.45) is 5.92 Å². The Kier molecular flexibility index (Phi) is 2.55. The first-order valence-corrected chi connectivity index (χ1v) is 6.22. The highest BCUT2D eigenvalue weighted by Gasteiger charge is 2.37. The molecule has 2 aliphatic rings. The molecule has 16 heavy (non-hydrogen) atoms. The van der Waals surface area contributed by atoms with E-state index in [-0.39, 0.29) is 0 Å². The van der Waals surface area contributed by atoms with Crippen molar-refractivity contribution in [1.29, 1.82) is 0 Å². The van der Waals surface area contributed by atoms with Crippen LogP contribution in [0.3, 0.4) is 0 Å². The van der Waals surface area contributed by atoms with Gasteiger partial charge in [0.1, 0.15) is 5.82 Å². The van der Waals surface area contributed by atoms with Crippen molar-refractivity contribution in [3.05, 3.63) is 5.82 Å². The van der Waals surface area contributed by atoms with Gasteiger partial charge in [-0.3, -0.25) is 5.10 Å². The lowest BCUT2D eigenvalue weighted by Gasteiger charge is -2.16. The second kappa shape index (κ2) is 4.05. The molecule has 88 valence electrons. The highest BCUT2D eigenvalue weighted by molar-refractivity contribution is 5.30. The fraction of sp³-hybridized carbons (Fsp3) is 0.818. The van der Waals surface area contributed by atoms with Crippen LogP contribution in [0.25, 0.3) is 0 Å². The summed E-state index contributed by atoms with van der Waals surface area (Å²) in [5.41, 5.74) is 0. The minimum absolute atomic E-state index is 0.631. The summed E-state index contributed by atoms with van der Waals surface area (Å²) < 4.78 is 0. The van der Waals surface area contributed by atoms with Crippen LogP contribution in [0.15, 0.2) is 0 Å². The minimum Gasteiger partial charge on any atom is -0.338 e. The molecule has 1 aromatic rings. The Morgan fingerprint density at radius 3 is 3.00 bits per heavy atom. The summed E-state index contributed by atoms with van der Waals surface area (Å²) >= 11 is 0. The van der Waals surface area contributed by atoms with E-state index in [0.717, 1.165) is 43.9 Å². The fourth-order valence-electron chi connectivity index (χ4n) is 2.32. The minimum atomic E-state index is 0.631. The van der Waals surface area contributed by atoms with E-state index in [1.807, 2.05) is 0 Å². The van der Waals surface area contributed by atoms with Gasteiger partial charge in [0.15, 0.2) is 0 Å². The molecule has 2 fully saturated rings. The summed E-state index contributed by atoms with van der Waals surface area (Å²) in [6, 6.07) is 0. The molecular weight excluding hydrogens is 202 g/mol. The lowest BCUT2D eigenvalue weighted by atomic mass is 10.3. The van der Waals surface area contributed by atoms with Gasteiger partial charge in [-0.25, -0.2) is 0 Å². The van der Waals surface area contributed by atoms with Crippen LogP contribution in [0.4, 0.5) is 5.95 Å². The molecule has 0 radical (unpaired) electrons. The van der Waals surface area contributed by atoms with E-state index >= 15 is 0 Å². The van der Waals surface area contributed by atoms with Crippen LogP contribution in [0.2, 0.25) is 0 Å². The lowest BCUT2D eigenvalue weighted by Crippen LogP contribution is -2.28. The van der Waals surface area contributed by atoms with Crippen LogP contribution in [0.5, 0.6) is 0 Å². The van der Waals surface area contributed by atoms with Gasteiger partial charge in [0, 0.05) is 25.6 Å². The number of hydrogen-bond donors (Lipinski definition) is 2. The van der Waals surface area contributed by atoms with Gasteiger partial charge < -0.3 is 10.2 Å². The zero-order chi connectivity index (χ0) is 11.0. The van der Waals surface area contributed by atoms with Crippen LogP contribution >= 0.6 is 0 Å². The molecule has 3 rings (SSSR count). The number of nitrogens with one attached hydrogen (secondary N) is 2. The van der Waals surface area contributed by atoms with Gasteiger partial charge in [0.25, 0.3) is 0 Å². The maximum Gasteiger partial charge on any atom is 0.244 e. The predicted molar refractivity (Wildman–Crippen MR) is 62.6 cm³/mol. The maximum atomic E-state index is 4.62. The monoisotopic (exact) mass is 221 g/mol. The number of aromatic nitrogens is 3. The normalized spacial score (nSPS) is 30.2. The van der Waals surface area contributed by atoms with E-state index in [1.54, 1.807) is 0 Å². The first-order valence-electron chi connectivity index (χ1n) is 6.22. The number of anilines is 1. The molecule has 1 aliphatic carbocycles. The number of aromatic amines is 1. The van der Waals surface area contributed by atoms with Crippen molar-refractivity contribution in [2.75, 3.05) is 31.1 Å². The summed E-state index contributed by atoms with van der Waals surface area (Å²) in [6.45, 7) is 6.47. The fourth-order valence-corrected chi connectivity index (χ4v) is 2.32. The van der Waals surface area contributed by atoms with Crippen molar-refractivity contribution < 1.29 is 0 Å². The highest BCUT2D eigenvalue weighted by atomic mass is 15.4. The third kappa shape index (κ3) is 1.91. The summed E-state index contributed by atoms with van der Waals surface area (Å²) in [7, 11) is 0.